The van der Waals surface area contributed by atoms with Crippen LogP contribution in [0.15, 0.2) is 30.9 Å². The summed E-state index contributed by atoms with van der Waals surface area (Å²) in [6.07, 6.45) is 1.94. The molecule has 76 valence electrons. The van der Waals surface area contributed by atoms with E-state index in [1.165, 1.54) is 11.1 Å². The molecular formula is C13H18O. The van der Waals surface area contributed by atoms with Crippen molar-refractivity contribution in [2.75, 3.05) is 6.61 Å². The Hall–Kier alpha value is -1.24. The first-order chi connectivity index (χ1) is 6.70. The lowest BCUT2D eigenvalue weighted by molar-refractivity contribution is 0.333. The third-order valence-corrected chi connectivity index (χ3v) is 2.38. The van der Waals surface area contributed by atoms with Crippen LogP contribution in [-0.4, -0.2) is 6.61 Å². The molecule has 0 fully saturated rings. The van der Waals surface area contributed by atoms with E-state index in [0.717, 1.165) is 5.75 Å². The minimum Gasteiger partial charge on any atom is -0.493 e. The van der Waals surface area contributed by atoms with Crippen LogP contribution in [0, 0.1) is 6.92 Å². The van der Waals surface area contributed by atoms with Crippen molar-refractivity contribution >= 4 is 0 Å². The smallest absolute Gasteiger partial charge is 0.125 e. The summed E-state index contributed by atoms with van der Waals surface area (Å²) >= 11 is 0. The van der Waals surface area contributed by atoms with Gasteiger partial charge in [-0.15, -0.1) is 6.58 Å². The molecule has 0 heterocycles. The van der Waals surface area contributed by atoms with E-state index in [1.807, 2.05) is 13.0 Å². The molecule has 0 radical (unpaired) electrons. The van der Waals surface area contributed by atoms with E-state index in [2.05, 4.69) is 38.6 Å². The third kappa shape index (κ3) is 2.16. The molecule has 0 spiro atoms. The number of allylic oxidation sites excluding steroid dienone is 1. The zero-order chi connectivity index (χ0) is 10.6. The van der Waals surface area contributed by atoms with Crippen molar-refractivity contribution in [3.63, 3.8) is 0 Å². The number of hydrogen-bond donors (Lipinski definition) is 0. The molecule has 0 aliphatic carbocycles. The number of hydrogen-bond acceptors (Lipinski definition) is 1. The normalized spacial score (nSPS) is 12.2. The molecule has 1 atom stereocenters. The van der Waals surface area contributed by atoms with Gasteiger partial charge in [-0.2, -0.15) is 0 Å². The summed E-state index contributed by atoms with van der Waals surface area (Å²) in [7, 11) is 0. The molecule has 0 bridgehead atoms. The average Bonchev–Trinajstić information content (AvgIpc) is 2.20. The fourth-order valence-electron chi connectivity index (χ4n) is 1.50. The van der Waals surface area contributed by atoms with Gasteiger partial charge in [0.1, 0.15) is 5.75 Å². The largest absolute Gasteiger partial charge is 0.493 e. The molecule has 0 amide bonds. The Morgan fingerprint density at radius 2 is 2.21 bits per heavy atom. The molecular weight excluding hydrogens is 172 g/mol. The minimum atomic E-state index is 0.344. The number of ether oxygens (including phenoxy) is 1. The van der Waals surface area contributed by atoms with Crippen molar-refractivity contribution < 1.29 is 4.74 Å². The predicted molar refractivity (Wildman–Crippen MR) is 61.0 cm³/mol. The highest BCUT2D eigenvalue weighted by molar-refractivity contribution is 5.43. The molecule has 0 aliphatic rings. The predicted octanol–water partition coefficient (Wildman–Crippen LogP) is 3.68. The minimum absolute atomic E-state index is 0.344. The molecule has 1 aromatic carbocycles. The summed E-state index contributed by atoms with van der Waals surface area (Å²) < 4.78 is 5.64. The highest BCUT2D eigenvalue weighted by Crippen LogP contribution is 2.30. The molecule has 0 aliphatic heterocycles. The van der Waals surface area contributed by atoms with Crippen molar-refractivity contribution in [3.05, 3.63) is 42.0 Å². The molecule has 1 unspecified atom stereocenters. The van der Waals surface area contributed by atoms with Crippen LogP contribution in [0.25, 0.3) is 0 Å². The Labute approximate surface area is 86.4 Å². The summed E-state index contributed by atoms with van der Waals surface area (Å²) in [6.45, 7) is 10.7. The van der Waals surface area contributed by atoms with E-state index >= 15 is 0 Å². The van der Waals surface area contributed by atoms with Gasteiger partial charge in [0.2, 0.25) is 0 Å². The topological polar surface area (TPSA) is 9.23 Å². The van der Waals surface area contributed by atoms with Gasteiger partial charge in [0, 0.05) is 11.5 Å². The fourth-order valence-corrected chi connectivity index (χ4v) is 1.50. The maximum Gasteiger partial charge on any atom is 0.125 e. The standard InChI is InChI=1S/C13H18O/c1-5-10(3)12-9-7-8-11(4)13(12)14-6-2/h5,7-10H,1,6H2,2-4H3. The van der Waals surface area contributed by atoms with Crippen molar-refractivity contribution in [2.24, 2.45) is 0 Å². The molecule has 1 rings (SSSR count). The van der Waals surface area contributed by atoms with Gasteiger partial charge < -0.3 is 4.74 Å². The fraction of sp³-hybridized carbons (Fsp3) is 0.385. The van der Waals surface area contributed by atoms with Gasteiger partial charge in [0.15, 0.2) is 0 Å². The lowest BCUT2D eigenvalue weighted by atomic mass is 9.98. The van der Waals surface area contributed by atoms with Crippen LogP contribution in [0.2, 0.25) is 0 Å². The number of aryl methyl sites for hydroxylation is 1. The Kier molecular flexibility index (Phi) is 3.75. The van der Waals surface area contributed by atoms with Crippen LogP contribution in [-0.2, 0) is 0 Å². The molecule has 0 saturated carbocycles. The van der Waals surface area contributed by atoms with E-state index in [4.69, 9.17) is 4.74 Å². The first-order valence-corrected chi connectivity index (χ1v) is 5.05. The van der Waals surface area contributed by atoms with Crippen LogP contribution in [0.1, 0.15) is 30.9 Å². The Balaban J connectivity index is 3.13. The Bertz CT molecular complexity index is 315. The summed E-state index contributed by atoms with van der Waals surface area (Å²) in [5.41, 5.74) is 2.42. The first-order valence-electron chi connectivity index (χ1n) is 5.05. The molecule has 1 aromatic rings. The van der Waals surface area contributed by atoms with Gasteiger partial charge in [0.25, 0.3) is 0 Å². The van der Waals surface area contributed by atoms with E-state index in [0.29, 0.717) is 12.5 Å². The number of rotatable bonds is 4. The van der Waals surface area contributed by atoms with Crippen LogP contribution in [0.4, 0.5) is 0 Å². The summed E-state index contributed by atoms with van der Waals surface area (Å²) in [5, 5.41) is 0. The van der Waals surface area contributed by atoms with Crippen LogP contribution < -0.4 is 4.74 Å². The molecule has 0 N–H and O–H groups in total. The van der Waals surface area contributed by atoms with Crippen LogP contribution >= 0.6 is 0 Å². The molecule has 1 heteroatoms. The van der Waals surface area contributed by atoms with Gasteiger partial charge >= 0.3 is 0 Å². The lowest BCUT2D eigenvalue weighted by Gasteiger charge is -2.15. The van der Waals surface area contributed by atoms with Crippen molar-refractivity contribution in [1.29, 1.82) is 0 Å². The monoisotopic (exact) mass is 190 g/mol. The zero-order valence-corrected chi connectivity index (χ0v) is 9.21. The van der Waals surface area contributed by atoms with Crippen LogP contribution in [0.5, 0.6) is 5.75 Å². The zero-order valence-electron chi connectivity index (χ0n) is 9.21. The van der Waals surface area contributed by atoms with E-state index in [-0.39, 0.29) is 0 Å². The Morgan fingerprint density at radius 3 is 2.79 bits per heavy atom. The summed E-state index contributed by atoms with van der Waals surface area (Å²) in [5.74, 6) is 1.36. The third-order valence-electron chi connectivity index (χ3n) is 2.38. The van der Waals surface area contributed by atoms with Gasteiger partial charge in [-0.25, -0.2) is 0 Å². The van der Waals surface area contributed by atoms with Crippen molar-refractivity contribution in [2.45, 2.75) is 26.7 Å². The second-order valence-electron chi connectivity index (χ2n) is 3.45. The van der Waals surface area contributed by atoms with Gasteiger partial charge in [-0.1, -0.05) is 31.2 Å². The second-order valence-corrected chi connectivity index (χ2v) is 3.45. The second kappa shape index (κ2) is 4.85. The van der Waals surface area contributed by atoms with Gasteiger partial charge in [-0.3, -0.25) is 0 Å². The summed E-state index contributed by atoms with van der Waals surface area (Å²) in [4.78, 5) is 0. The molecule has 0 aromatic heterocycles. The highest BCUT2D eigenvalue weighted by Gasteiger charge is 2.10. The van der Waals surface area contributed by atoms with Gasteiger partial charge in [0.05, 0.1) is 6.61 Å². The lowest BCUT2D eigenvalue weighted by Crippen LogP contribution is -2.00. The van der Waals surface area contributed by atoms with Crippen LogP contribution in [0.3, 0.4) is 0 Å². The maximum atomic E-state index is 5.64. The highest BCUT2D eigenvalue weighted by atomic mass is 16.5. The number of para-hydroxylation sites is 1. The Morgan fingerprint density at radius 1 is 1.50 bits per heavy atom. The van der Waals surface area contributed by atoms with Gasteiger partial charge in [-0.05, 0) is 19.4 Å². The molecule has 1 nitrogen and oxygen atoms in total. The molecule has 14 heavy (non-hydrogen) atoms. The summed E-state index contributed by atoms with van der Waals surface area (Å²) in [6, 6.07) is 6.24. The quantitative estimate of drug-likeness (QED) is 0.658. The number of benzene rings is 1. The first kappa shape index (κ1) is 10.8. The van der Waals surface area contributed by atoms with E-state index < -0.39 is 0 Å². The SMILES string of the molecule is C=CC(C)c1cccc(C)c1OCC. The van der Waals surface area contributed by atoms with Crippen molar-refractivity contribution in [1.82, 2.24) is 0 Å². The maximum absolute atomic E-state index is 5.64. The molecule has 0 saturated heterocycles. The van der Waals surface area contributed by atoms with E-state index in [1.54, 1.807) is 0 Å². The average molecular weight is 190 g/mol. The van der Waals surface area contributed by atoms with Crippen molar-refractivity contribution in [3.8, 4) is 5.75 Å². The van der Waals surface area contributed by atoms with E-state index in [9.17, 15) is 0 Å².